The van der Waals surface area contributed by atoms with E-state index in [-0.39, 0.29) is 18.2 Å². The molecule has 0 aliphatic rings. The number of aromatic nitrogens is 2. The number of benzene rings is 1. The van der Waals surface area contributed by atoms with Gasteiger partial charge < -0.3 is 15.5 Å². The van der Waals surface area contributed by atoms with Crippen molar-refractivity contribution in [3.05, 3.63) is 57.8 Å². The van der Waals surface area contributed by atoms with Crippen molar-refractivity contribution in [3.63, 3.8) is 0 Å². The van der Waals surface area contributed by atoms with Gasteiger partial charge in [-0.25, -0.2) is 4.98 Å². The van der Waals surface area contributed by atoms with Crippen LogP contribution in [0.2, 0.25) is 0 Å². The summed E-state index contributed by atoms with van der Waals surface area (Å²) in [5.41, 5.74) is 7.35. The molecule has 0 radical (unpaired) electrons. The number of hydrogen-bond acceptors (Lipinski definition) is 4. The molecule has 0 spiro atoms. The minimum Gasteiger partial charge on any atom is -0.486 e. The molecule has 2 rings (SSSR count). The second kappa shape index (κ2) is 6.54. The van der Waals surface area contributed by atoms with E-state index in [0.717, 1.165) is 5.75 Å². The van der Waals surface area contributed by atoms with Crippen LogP contribution >= 0.6 is 0 Å². The molecule has 3 N–H and O–H groups in total. The second-order valence-corrected chi connectivity index (χ2v) is 5.42. The summed E-state index contributed by atoms with van der Waals surface area (Å²) in [6.07, 6.45) is 0. The number of ether oxygens (including phenoxy) is 1. The van der Waals surface area contributed by atoms with E-state index in [4.69, 9.17) is 10.5 Å². The molecule has 112 valence electrons. The second-order valence-electron chi connectivity index (χ2n) is 5.42. The van der Waals surface area contributed by atoms with E-state index in [1.54, 1.807) is 6.92 Å². The Hall–Kier alpha value is -2.14. The fourth-order valence-electron chi connectivity index (χ4n) is 1.93. The first-order chi connectivity index (χ1) is 9.95. The maximum atomic E-state index is 11.5. The molecule has 1 unspecified atom stereocenters. The molecule has 0 fully saturated rings. The van der Waals surface area contributed by atoms with Crippen LogP contribution < -0.4 is 16.0 Å². The normalized spacial score (nSPS) is 12.4. The fourth-order valence-corrected chi connectivity index (χ4v) is 1.93. The first-order valence-electron chi connectivity index (χ1n) is 7.04. The van der Waals surface area contributed by atoms with Crippen LogP contribution in [0.15, 0.2) is 35.1 Å². The lowest BCUT2D eigenvalue weighted by atomic mass is 10.0. The first-order valence-corrected chi connectivity index (χ1v) is 7.04. The highest BCUT2D eigenvalue weighted by atomic mass is 16.5. The minimum absolute atomic E-state index is 0.205. The molecular weight excluding hydrogens is 266 g/mol. The average Bonchev–Trinajstić information content (AvgIpc) is 2.45. The Morgan fingerprint density at radius 2 is 1.90 bits per heavy atom. The number of H-pyrrole nitrogens is 1. The van der Waals surface area contributed by atoms with Gasteiger partial charge in [-0.15, -0.1) is 0 Å². The van der Waals surface area contributed by atoms with Crippen LogP contribution in [0.25, 0.3) is 0 Å². The molecule has 5 heteroatoms. The molecule has 1 atom stereocenters. The van der Waals surface area contributed by atoms with E-state index in [9.17, 15) is 4.79 Å². The van der Waals surface area contributed by atoms with Crippen LogP contribution in [0, 0.1) is 0 Å². The van der Waals surface area contributed by atoms with Gasteiger partial charge in [-0.3, -0.25) is 4.79 Å². The highest BCUT2D eigenvalue weighted by Crippen LogP contribution is 2.19. The van der Waals surface area contributed by atoms with Crippen LogP contribution in [-0.4, -0.2) is 9.97 Å². The Labute approximate surface area is 124 Å². The van der Waals surface area contributed by atoms with Gasteiger partial charge in [-0.05, 0) is 30.5 Å². The number of aromatic amines is 1. The highest BCUT2D eigenvalue weighted by molar-refractivity contribution is 5.28. The summed E-state index contributed by atoms with van der Waals surface area (Å²) in [7, 11) is 0. The van der Waals surface area contributed by atoms with E-state index in [1.807, 2.05) is 24.3 Å². The minimum atomic E-state index is -0.281. The van der Waals surface area contributed by atoms with Gasteiger partial charge in [0.25, 0.3) is 5.56 Å². The zero-order valence-electron chi connectivity index (χ0n) is 12.6. The van der Waals surface area contributed by atoms with Crippen molar-refractivity contribution in [2.75, 3.05) is 0 Å². The third-order valence-electron chi connectivity index (χ3n) is 3.20. The number of nitrogens with zero attached hydrogens (tertiary/aromatic N) is 1. The van der Waals surface area contributed by atoms with E-state index in [2.05, 4.69) is 23.8 Å². The van der Waals surface area contributed by atoms with Gasteiger partial charge in [0.1, 0.15) is 18.2 Å². The van der Waals surface area contributed by atoms with Gasteiger partial charge in [-0.2, -0.15) is 0 Å². The monoisotopic (exact) mass is 287 g/mol. The van der Waals surface area contributed by atoms with Gasteiger partial charge in [0.2, 0.25) is 0 Å². The van der Waals surface area contributed by atoms with Crippen LogP contribution in [0.5, 0.6) is 5.75 Å². The topological polar surface area (TPSA) is 81.0 Å². The van der Waals surface area contributed by atoms with Gasteiger partial charge in [-0.1, -0.05) is 26.0 Å². The Bertz CT molecular complexity index is 645. The van der Waals surface area contributed by atoms with E-state index >= 15 is 0 Å². The largest absolute Gasteiger partial charge is 0.486 e. The van der Waals surface area contributed by atoms with Crippen molar-refractivity contribution >= 4 is 0 Å². The molecule has 21 heavy (non-hydrogen) atoms. The predicted octanol–water partition coefficient (Wildman–Crippen LogP) is 2.49. The predicted molar refractivity (Wildman–Crippen MR) is 82.3 cm³/mol. The molecule has 0 bridgehead atoms. The molecule has 0 aliphatic carbocycles. The first kappa shape index (κ1) is 15.3. The zero-order chi connectivity index (χ0) is 15.4. The van der Waals surface area contributed by atoms with Crippen LogP contribution in [-0.2, 0) is 6.61 Å². The number of nitrogens with two attached hydrogens (primary N) is 1. The third-order valence-corrected chi connectivity index (χ3v) is 3.20. The Kier molecular flexibility index (Phi) is 4.75. The SMILES string of the molecule is CC(C)c1ccc(OCc2nc(C(C)N)cc(=O)[nH]2)cc1. The van der Waals surface area contributed by atoms with Crippen molar-refractivity contribution < 1.29 is 4.74 Å². The molecule has 0 saturated carbocycles. The van der Waals surface area contributed by atoms with Gasteiger partial charge in [0.05, 0.1) is 5.69 Å². The summed E-state index contributed by atoms with van der Waals surface area (Å²) >= 11 is 0. The lowest BCUT2D eigenvalue weighted by Gasteiger charge is -2.10. The maximum Gasteiger partial charge on any atom is 0.251 e. The lowest BCUT2D eigenvalue weighted by molar-refractivity contribution is 0.294. The van der Waals surface area contributed by atoms with Crippen molar-refractivity contribution in [1.82, 2.24) is 9.97 Å². The Morgan fingerprint density at radius 3 is 2.48 bits per heavy atom. The third kappa shape index (κ3) is 4.16. The van der Waals surface area contributed by atoms with Gasteiger partial charge in [0.15, 0.2) is 0 Å². The lowest BCUT2D eigenvalue weighted by Crippen LogP contribution is -2.18. The fraction of sp³-hybridized carbons (Fsp3) is 0.375. The molecule has 0 amide bonds. The smallest absolute Gasteiger partial charge is 0.251 e. The zero-order valence-corrected chi connectivity index (χ0v) is 12.6. The van der Waals surface area contributed by atoms with Crippen molar-refractivity contribution in [2.45, 2.75) is 39.3 Å². The van der Waals surface area contributed by atoms with Crippen LogP contribution in [0.4, 0.5) is 0 Å². The molecule has 1 aromatic carbocycles. The van der Waals surface area contributed by atoms with E-state index in [0.29, 0.717) is 17.4 Å². The van der Waals surface area contributed by atoms with Crippen molar-refractivity contribution in [3.8, 4) is 5.75 Å². The molecule has 1 heterocycles. The van der Waals surface area contributed by atoms with Crippen LogP contribution in [0.3, 0.4) is 0 Å². The summed E-state index contributed by atoms with van der Waals surface area (Å²) in [5, 5.41) is 0. The molecule has 5 nitrogen and oxygen atoms in total. The average molecular weight is 287 g/mol. The number of nitrogens with one attached hydrogen (secondary N) is 1. The quantitative estimate of drug-likeness (QED) is 0.885. The molecule has 0 saturated heterocycles. The maximum absolute atomic E-state index is 11.5. The summed E-state index contributed by atoms with van der Waals surface area (Å²) in [6.45, 7) is 6.28. The molecular formula is C16H21N3O2. The van der Waals surface area contributed by atoms with E-state index < -0.39 is 0 Å². The summed E-state index contributed by atoms with van der Waals surface area (Å²) < 4.78 is 5.64. The molecule has 1 aromatic heterocycles. The Balaban J connectivity index is 2.07. The van der Waals surface area contributed by atoms with Crippen molar-refractivity contribution in [1.29, 1.82) is 0 Å². The van der Waals surface area contributed by atoms with E-state index in [1.165, 1.54) is 11.6 Å². The Morgan fingerprint density at radius 1 is 1.24 bits per heavy atom. The molecule has 2 aromatic rings. The summed E-state index contributed by atoms with van der Waals surface area (Å²) in [4.78, 5) is 18.5. The molecule has 0 aliphatic heterocycles. The number of rotatable bonds is 5. The summed E-state index contributed by atoms with van der Waals surface area (Å²) in [6, 6.07) is 9.04. The van der Waals surface area contributed by atoms with Crippen LogP contribution in [0.1, 0.15) is 49.8 Å². The standard InChI is InChI=1S/C16H21N3O2/c1-10(2)12-4-6-13(7-5-12)21-9-15-18-14(11(3)17)8-16(20)19-15/h4-8,10-11H,9,17H2,1-3H3,(H,18,19,20). The number of hydrogen-bond donors (Lipinski definition) is 2. The highest BCUT2D eigenvalue weighted by Gasteiger charge is 2.06. The van der Waals surface area contributed by atoms with Gasteiger partial charge >= 0.3 is 0 Å². The van der Waals surface area contributed by atoms with Crippen molar-refractivity contribution in [2.24, 2.45) is 5.73 Å². The van der Waals surface area contributed by atoms with Gasteiger partial charge in [0, 0.05) is 12.1 Å². The summed E-state index contributed by atoms with van der Waals surface area (Å²) in [5.74, 6) is 1.70.